The zero-order valence-electron chi connectivity index (χ0n) is 7.33. The van der Waals surface area contributed by atoms with Gasteiger partial charge in [-0.2, -0.15) is 0 Å². The molecule has 0 atom stereocenters. The Labute approximate surface area is 72.0 Å². The minimum atomic E-state index is 0.912. The van der Waals surface area contributed by atoms with Gasteiger partial charge in [-0.05, 0) is 31.7 Å². The molecule has 64 valence electrons. The molecule has 0 aliphatic rings. The van der Waals surface area contributed by atoms with Gasteiger partial charge in [-0.25, -0.2) is 4.98 Å². The molecule has 1 heterocycles. The van der Waals surface area contributed by atoms with Crippen molar-refractivity contribution in [2.24, 2.45) is 5.73 Å². The van der Waals surface area contributed by atoms with E-state index in [2.05, 4.69) is 9.97 Å². The molecule has 0 aliphatic carbocycles. The number of aromatic amines is 1. The van der Waals surface area contributed by atoms with Gasteiger partial charge >= 0.3 is 0 Å². The number of allylic oxidation sites excluding steroid dienone is 3. The van der Waals surface area contributed by atoms with Crippen molar-refractivity contribution in [3.63, 3.8) is 0 Å². The van der Waals surface area contributed by atoms with Gasteiger partial charge in [0, 0.05) is 0 Å². The van der Waals surface area contributed by atoms with Crippen LogP contribution in [0.4, 0.5) is 0 Å². The van der Waals surface area contributed by atoms with E-state index < -0.39 is 0 Å². The van der Waals surface area contributed by atoms with Crippen molar-refractivity contribution in [2.45, 2.75) is 13.8 Å². The van der Waals surface area contributed by atoms with Crippen molar-refractivity contribution in [1.29, 1.82) is 0 Å². The van der Waals surface area contributed by atoms with E-state index in [0.29, 0.717) is 0 Å². The summed E-state index contributed by atoms with van der Waals surface area (Å²) in [5.41, 5.74) is 7.34. The number of imidazole rings is 1. The molecule has 0 amide bonds. The molecule has 0 radical (unpaired) electrons. The number of H-pyrrole nitrogens is 1. The lowest BCUT2D eigenvalue weighted by Crippen LogP contribution is -1.83. The molecule has 3 heteroatoms. The van der Waals surface area contributed by atoms with Gasteiger partial charge in [0.05, 0.1) is 11.9 Å². The standard InChI is InChI=1S/C9H13N3/c1-3-8(4-5-10)9-6-11-7(2)12-9/h3-6H,10H2,1-2H3,(H,11,12)/b5-4-,8-3+. The van der Waals surface area contributed by atoms with Crippen LogP contribution in [0.3, 0.4) is 0 Å². The first-order valence-electron chi connectivity index (χ1n) is 3.84. The minimum absolute atomic E-state index is 0.912. The zero-order valence-corrected chi connectivity index (χ0v) is 7.33. The van der Waals surface area contributed by atoms with Gasteiger partial charge in [0.15, 0.2) is 0 Å². The summed E-state index contributed by atoms with van der Waals surface area (Å²) in [5, 5.41) is 0. The Bertz CT molecular complexity index is 307. The van der Waals surface area contributed by atoms with Crippen LogP contribution in [-0.2, 0) is 0 Å². The predicted molar refractivity (Wildman–Crippen MR) is 50.3 cm³/mol. The van der Waals surface area contributed by atoms with E-state index in [9.17, 15) is 0 Å². The molecule has 0 bridgehead atoms. The Morgan fingerprint density at radius 2 is 2.42 bits per heavy atom. The fourth-order valence-electron chi connectivity index (χ4n) is 1.01. The Kier molecular flexibility index (Phi) is 2.69. The van der Waals surface area contributed by atoms with E-state index in [1.54, 1.807) is 6.20 Å². The lowest BCUT2D eigenvalue weighted by Gasteiger charge is -1.94. The molecule has 1 rings (SSSR count). The highest BCUT2D eigenvalue weighted by molar-refractivity contribution is 5.70. The average molecular weight is 163 g/mol. The number of aromatic nitrogens is 2. The second-order valence-electron chi connectivity index (χ2n) is 2.49. The largest absolute Gasteiger partial charge is 0.405 e. The number of nitrogens with zero attached hydrogens (tertiary/aromatic N) is 1. The molecule has 3 nitrogen and oxygen atoms in total. The molecule has 0 unspecified atom stereocenters. The summed E-state index contributed by atoms with van der Waals surface area (Å²) >= 11 is 0. The molecule has 0 aromatic carbocycles. The lowest BCUT2D eigenvalue weighted by molar-refractivity contribution is 1.14. The first-order chi connectivity index (χ1) is 5.77. The summed E-state index contributed by atoms with van der Waals surface area (Å²) in [5.74, 6) is 0.912. The van der Waals surface area contributed by atoms with Crippen LogP contribution in [0.1, 0.15) is 18.4 Å². The Hall–Kier alpha value is -1.51. The number of hydrogen-bond acceptors (Lipinski definition) is 2. The van der Waals surface area contributed by atoms with Crippen LogP contribution in [0.5, 0.6) is 0 Å². The zero-order chi connectivity index (χ0) is 8.97. The highest BCUT2D eigenvalue weighted by Crippen LogP contribution is 2.12. The molecule has 3 N–H and O–H groups in total. The maximum atomic E-state index is 5.29. The third-order valence-corrected chi connectivity index (χ3v) is 1.60. The predicted octanol–water partition coefficient (Wildman–Crippen LogP) is 1.59. The maximum absolute atomic E-state index is 5.29. The number of nitrogens with two attached hydrogens (primary N) is 1. The molecular weight excluding hydrogens is 150 g/mol. The van der Waals surface area contributed by atoms with Crippen molar-refractivity contribution in [3.05, 3.63) is 36.1 Å². The van der Waals surface area contributed by atoms with E-state index in [1.807, 2.05) is 26.0 Å². The van der Waals surface area contributed by atoms with E-state index in [1.165, 1.54) is 6.20 Å². The van der Waals surface area contributed by atoms with Gasteiger partial charge in [-0.1, -0.05) is 6.08 Å². The highest BCUT2D eigenvalue weighted by atomic mass is 14.9. The molecule has 0 fully saturated rings. The fourth-order valence-corrected chi connectivity index (χ4v) is 1.01. The average Bonchev–Trinajstić information content (AvgIpc) is 2.47. The first kappa shape index (κ1) is 8.59. The lowest BCUT2D eigenvalue weighted by atomic mass is 10.2. The third-order valence-electron chi connectivity index (χ3n) is 1.60. The van der Waals surface area contributed by atoms with Crippen molar-refractivity contribution in [2.75, 3.05) is 0 Å². The number of aryl methyl sites for hydroxylation is 1. The second kappa shape index (κ2) is 3.76. The molecule has 12 heavy (non-hydrogen) atoms. The number of nitrogens with one attached hydrogen (secondary N) is 1. The van der Waals surface area contributed by atoms with Crippen LogP contribution < -0.4 is 5.73 Å². The van der Waals surface area contributed by atoms with Crippen LogP contribution in [0.15, 0.2) is 24.5 Å². The second-order valence-corrected chi connectivity index (χ2v) is 2.49. The third kappa shape index (κ3) is 1.75. The SMILES string of the molecule is C/C=C(\C=C/N)c1cnc(C)[nH]1. The monoisotopic (exact) mass is 163 g/mol. The van der Waals surface area contributed by atoms with Crippen molar-refractivity contribution < 1.29 is 0 Å². The Balaban J connectivity index is 2.96. The summed E-state index contributed by atoms with van der Waals surface area (Å²) in [6.45, 7) is 3.88. The van der Waals surface area contributed by atoms with E-state index in [4.69, 9.17) is 5.73 Å². The minimum Gasteiger partial charge on any atom is -0.405 e. The summed E-state index contributed by atoms with van der Waals surface area (Å²) < 4.78 is 0. The van der Waals surface area contributed by atoms with Crippen LogP contribution >= 0.6 is 0 Å². The van der Waals surface area contributed by atoms with Crippen molar-refractivity contribution in [1.82, 2.24) is 9.97 Å². The maximum Gasteiger partial charge on any atom is 0.103 e. The summed E-state index contributed by atoms with van der Waals surface area (Å²) in [4.78, 5) is 7.22. The fraction of sp³-hybridized carbons (Fsp3) is 0.222. The topological polar surface area (TPSA) is 54.7 Å². The number of rotatable bonds is 2. The van der Waals surface area contributed by atoms with E-state index in [-0.39, 0.29) is 0 Å². The van der Waals surface area contributed by atoms with E-state index in [0.717, 1.165) is 17.1 Å². The normalized spacial score (nSPS) is 12.7. The quantitative estimate of drug-likeness (QED) is 0.650. The molecule has 0 spiro atoms. The summed E-state index contributed by atoms with van der Waals surface area (Å²) in [6, 6.07) is 0. The van der Waals surface area contributed by atoms with E-state index >= 15 is 0 Å². The van der Waals surface area contributed by atoms with Crippen molar-refractivity contribution in [3.8, 4) is 0 Å². The van der Waals surface area contributed by atoms with Crippen LogP contribution in [0.25, 0.3) is 5.57 Å². The smallest absolute Gasteiger partial charge is 0.103 e. The summed E-state index contributed by atoms with van der Waals surface area (Å²) in [7, 11) is 0. The molecule has 0 aliphatic heterocycles. The molecule has 1 aromatic heterocycles. The van der Waals surface area contributed by atoms with Gasteiger partial charge < -0.3 is 10.7 Å². The van der Waals surface area contributed by atoms with Gasteiger partial charge in [0.2, 0.25) is 0 Å². The van der Waals surface area contributed by atoms with Crippen LogP contribution in [0.2, 0.25) is 0 Å². The van der Waals surface area contributed by atoms with Gasteiger partial charge in [-0.3, -0.25) is 0 Å². The number of hydrogen-bond donors (Lipinski definition) is 2. The summed E-state index contributed by atoms with van der Waals surface area (Å²) in [6.07, 6.45) is 7.14. The van der Waals surface area contributed by atoms with Gasteiger partial charge in [0.25, 0.3) is 0 Å². The van der Waals surface area contributed by atoms with Crippen molar-refractivity contribution >= 4 is 5.57 Å². The molecule has 0 saturated heterocycles. The van der Waals surface area contributed by atoms with Crippen LogP contribution in [-0.4, -0.2) is 9.97 Å². The molecule has 0 saturated carbocycles. The molecular formula is C9H13N3. The Morgan fingerprint density at radius 1 is 1.67 bits per heavy atom. The van der Waals surface area contributed by atoms with Gasteiger partial charge in [-0.15, -0.1) is 0 Å². The highest BCUT2D eigenvalue weighted by Gasteiger charge is 1.98. The van der Waals surface area contributed by atoms with Crippen LogP contribution in [0, 0.1) is 6.92 Å². The Morgan fingerprint density at radius 3 is 2.83 bits per heavy atom. The first-order valence-corrected chi connectivity index (χ1v) is 3.84. The van der Waals surface area contributed by atoms with Gasteiger partial charge in [0.1, 0.15) is 5.82 Å². The molecule has 1 aromatic rings.